The molecule has 0 aliphatic carbocycles. The van der Waals surface area contributed by atoms with Gasteiger partial charge in [-0.2, -0.15) is 0 Å². The van der Waals surface area contributed by atoms with E-state index in [1.807, 2.05) is 24.3 Å². The molecule has 0 radical (unpaired) electrons. The second kappa shape index (κ2) is 4.90. The fourth-order valence-corrected chi connectivity index (χ4v) is 2.28. The van der Waals surface area contributed by atoms with Crippen molar-refractivity contribution in [3.05, 3.63) is 57.4 Å². The van der Waals surface area contributed by atoms with Crippen LogP contribution in [0.3, 0.4) is 0 Å². The van der Waals surface area contributed by atoms with E-state index in [2.05, 4.69) is 9.97 Å². The van der Waals surface area contributed by atoms with Gasteiger partial charge in [-0.15, -0.1) is 0 Å². The number of hydrogen-bond acceptors (Lipinski definition) is 4. The Balaban J connectivity index is 2.35. The van der Waals surface area contributed by atoms with Gasteiger partial charge in [0.15, 0.2) is 0 Å². The number of nitrogens with zero attached hydrogens (tertiary/aromatic N) is 2. The number of ether oxygens (including phenoxy) is 1. The van der Waals surface area contributed by atoms with Crippen LogP contribution in [0.15, 0.2) is 46.1 Å². The van der Waals surface area contributed by atoms with E-state index >= 15 is 0 Å². The van der Waals surface area contributed by atoms with Crippen molar-refractivity contribution in [1.82, 2.24) is 14.5 Å². The largest absolute Gasteiger partial charge is 0.497 e. The molecule has 0 amide bonds. The molecule has 1 N–H and O–H groups in total. The molecule has 0 aliphatic heterocycles. The molecule has 2 aromatic heterocycles. The standard InChI is InChI=1S/C15H13N3O3/c1-18-13-12(14(19)17-15(18)20)11(7-8-16-13)9-3-5-10(21-2)6-4-9/h3-8H,1-2H3,(H,17,19,20). The lowest BCUT2D eigenvalue weighted by atomic mass is 10.0. The summed E-state index contributed by atoms with van der Waals surface area (Å²) in [5, 5.41) is 0.393. The molecule has 21 heavy (non-hydrogen) atoms. The molecule has 106 valence electrons. The van der Waals surface area contributed by atoms with Crippen molar-refractivity contribution in [3.8, 4) is 16.9 Å². The zero-order chi connectivity index (χ0) is 15.0. The van der Waals surface area contributed by atoms with Crippen LogP contribution in [-0.4, -0.2) is 21.6 Å². The van der Waals surface area contributed by atoms with E-state index in [1.54, 1.807) is 26.4 Å². The van der Waals surface area contributed by atoms with Gasteiger partial charge in [0, 0.05) is 13.2 Å². The molecule has 0 fully saturated rings. The summed E-state index contributed by atoms with van der Waals surface area (Å²) in [6.07, 6.45) is 1.58. The topological polar surface area (TPSA) is 77.0 Å². The summed E-state index contributed by atoms with van der Waals surface area (Å²) in [5.41, 5.74) is 1.02. The first kappa shape index (κ1) is 13.1. The van der Waals surface area contributed by atoms with Gasteiger partial charge in [-0.05, 0) is 29.3 Å². The number of aromatic amines is 1. The van der Waals surface area contributed by atoms with Crippen molar-refractivity contribution in [1.29, 1.82) is 0 Å². The third kappa shape index (κ3) is 2.10. The molecule has 3 rings (SSSR count). The predicted octanol–water partition coefficient (Wildman–Crippen LogP) is 1.30. The summed E-state index contributed by atoms with van der Waals surface area (Å²) in [6.45, 7) is 0. The van der Waals surface area contributed by atoms with Crippen molar-refractivity contribution in [2.45, 2.75) is 0 Å². The molecule has 0 spiro atoms. The Hall–Kier alpha value is -2.89. The Kier molecular flexibility index (Phi) is 3.06. The first-order chi connectivity index (χ1) is 10.1. The fraction of sp³-hybridized carbons (Fsp3) is 0.133. The van der Waals surface area contributed by atoms with Gasteiger partial charge >= 0.3 is 5.69 Å². The lowest BCUT2D eigenvalue weighted by Gasteiger charge is -2.08. The van der Waals surface area contributed by atoms with E-state index < -0.39 is 11.2 Å². The number of aryl methyl sites for hydroxylation is 1. The number of pyridine rings is 1. The number of hydrogen-bond donors (Lipinski definition) is 1. The average molecular weight is 283 g/mol. The van der Waals surface area contributed by atoms with Crippen LogP contribution >= 0.6 is 0 Å². The Bertz CT molecular complexity index is 924. The van der Waals surface area contributed by atoms with E-state index in [-0.39, 0.29) is 0 Å². The number of benzene rings is 1. The highest BCUT2D eigenvalue weighted by atomic mass is 16.5. The number of H-pyrrole nitrogens is 1. The van der Waals surface area contributed by atoms with Gasteiger partial charge in [-0.3, -0.25) is 14.3 Å². The highest BCUT2D eigenvalue weighted by Gasteiger charge is 2.11. The maximum atomic E-state index is 12.1. The van der Waals surface area contributed by atoms with E-state index in [0.717, 1.165) is 16.9 Å². The number of nitrogens with one attached hydrogen (secondary N) is 1. The molecule has 6 nitrogen and oxygen atoms in total. The Morgan fingerprint density at radius 2 is 1.86 bits per heavy atom. The zero-order valence-electron chi connectivity index (χ0n) is 11.6. The molecule has 0 unspecified atom stereocenters. The summed E-state index contributed by atoms with van der Waals surface area (Å²) < 4.78 is 6.45. The SMILES string of the molecule is COc1ccc(-c2ccnc3c2c(=O)[nH]c(=O)n3C)cc1. The summed E-state index contributed by atoms with van der Waals surface area (Å²) in [6, 6.07) is 9.11. The zero-order valence-corrected chi connectivity index (χ0v) is 11.6. The molecule has 0 bridgehead atoms. The first-order valence-corrected chi connectivity index (χ1v) is 6.34. The van der Waals surface area contributed by atoms with Crippen molar-refractivity contribution >= 4 is 11.0 Å². The van der Waals surface area contributed by atoms with Crippen LogP contribution in [0, 0.1) is 0 Å². The van der Waals surface area contributed by atoms with E-state index in [9.17, 15) is 9.59 Å². The smallest absolute Gasteiger partial charge is 0.329 e. The minimum Gasteiger partial charge on any atom is -0.497 e. The molecule has 0 saturated carbocycles. The Morgan fingerprint density at radius 3 is 2.52 bits per heavy atom. The molecule has 0 saturated heterocycles. The van der Waals surface area contributed by atoms with Crippen LogP contribution in [0.2, 0.25) is 0 Å². The summed E-state index contributed by atoms with van der Waals surface area (Å²) >= 11 is 0. The predicted molar refractivity (Wildman–Crippen MR) is 79.6 cm³/mol. The molecule has 0 aliphatic rings. The normalized spacial score (nSPS) is 10.8. The molecular formula is C15H13N3O3. The second-order valence-electron chi connectivity index (χ2n) is 4.60. The van der Waals surface area contributed by atoms with Gasteiger partial charge in [0.1, 0.15) is 11.4 Å². The van der Waals surface area contributed by atoms with Crippen molar-refractivity contribution < 1.29 is 4.74 Å². The van der Waals surface area contributed by atoms with E-state index in [4.69, 9.17) is 4.74 Å². The maximum absolute atomic E-state index is 12.1. The van der Waals surface area contributed by atoms with Crippen molar-refractivity contribution in [2.75, 3.05) is 7.11 Å². The number of methoxy groups -OCH3 is 1. The summed E-state index contributed by atoms with van der Waals surface area (Å²) in [4.78, 5) is 30.2. The van der Waals surface area contributed by atoms with Crippen LogP contribution in [0.4, 0.5) is 0 Å². The third-order valence-corrected chi connectivity index (χ3v) is 3.40. The molecule has 2 heterocycles. The van der Waals surface area contributed by atoms with E-state index in [0.29, 0.717) is 11.0 Å². The Morgan fingerprint density at radius 1 is 1.14 bits per heavy atom. The number of aromatic nitrogens is 3. The van der Waals surface area contributed by atoms with Crippen LogP contribution in [-0.2, 0) is 7.05 Å². The van der Waals surface area contributed by atoms with Crippen LogP contribution in [0.25, 0.3) is 22.2 Å². The quantitative estimate of drug-likeness (QED) is 0.769. The highest BCUT2D eigenvalue weighted by molar-refractivity contribution is 5.91. The van der Waals surface area contributed by atoms with Gasteiger partial charge in [-0.25, -0.2) is 9.78 Å². The van der Waals surface area contributed by atoms with Gasteiger partial charge in [0.05, 0.1) is 12.5 Å². The summed E-state index contributed by atoms with van der Waals surface area (Å²) in [5.74, 6) is 0.735. The van der Waals surface area contributed by atoms with Crippen molar-refractivity contribution in [3.63, 3.8) is 0 Å². The average Bonchev–Trinajstić information content (AvgIpc) is 2.52. The minimum absolute atomic E-state index is 0.358. The maximum Gasteiger partial charge on any atom is 0.329 e. The molecule has 1 aromatic carbocycles. The molecule has 3 aromatic rings. The number of fused-ring (bicyclic) bond motifs is 1. The molecular weight excluding hydrogens is 270 g/mol. The van der Waals surface area contributed by atoms with Gasteiger partial charge < -0.3 is 4.74 Å². The Labute approximate surface area is 119 Å². The number of rotatable bonds is 2. The van der Waals surface area contributed by atoms with Crippen LogP contribution < -0.4 is 16.0 Å². The summed E-state index contributed by atoms with van der Waals surface area (Å²) in [7, 11) is 3.17. The van der Waals surface area contributed by atoms with Crippen molar-refractivity contribution in [2.24, 2.45) is 7.05 Å². The van der Waals surface area contributed by atoms with E-state index in [1.165, 1.54) is 4.57 Å². The van der Waals surface area contributed by atoms with Crippen LogP contribution in [0.1, 0.15) is 0 Å². The minimum atomic E-state index is -0.480. The molecule has 6 heteroatoms. The first-order valence-electron chi connectivity index (χ1n) is 6.34. The third-order valence-electron chi connectivity index (χ3n) is 3.40. The van der Waals surface area contributed by atoms with Gasteiger partial charge in [-0.1, -0.05) is 12.1 Å². The monoisotopic (exact) mass is 283 g/mol. The lowest BCUT2D eigenvalue weighted by molar-refractivity contribution is 0.415. The van der Waals surface area contributed by atoms with Gasteiger partial charge in [0.2, 0.25) is 0 Å². The van der Waals surface area contributed by atoms with Gasteiger partial charge in [0.25, 0.3) is 5.56 Å². The lowest BCUT2D eigenvalue weighted by Crippen LogP contribution is -2.29. The second-order valence-corrected chi connectivity index (χ2v) is 4.60. The fourth-order valence-electron chi connectivity index (χ4n) is 2.28. The van der Waals surface area contributed by atoms with Crippen LogP contribution in [0.5, 0.6) is 5.75 Å². The highest BCUT2D eigenvalue weighted by Crippen LogP contribution is 2.26. The molecule has 0 atom stereocenters.